The second kappa shape index (κ2) is 7.52. The lowest BCUT2D eigenvalue weighted by atomic mass is 9.90. The van der Waals surface area contributed by atoms with Crippen LogP contribution in [0.3, 0.4) is 0 Å². The zero-order chi connectivity index (χ0) is 17.9. The van der Waals surface area contributed by atoms with Gasteiger partial charge in [0.05, 0.1) is 6.67 Å². The number of carbonyl (C=O) groups is 2. The molecule has 0 radical (unpaired) electrons. The molecule has 0 aromatic heterocycles. The topological polar surface area (TPSA) is 52.6 Å². The van der Waals surface area contributed by atoms with Crippen molar-refractivity contribution in [1.82, 2.24) is 15.1 Å². The summed E-state index contributed by atoms with van der Waals surface area (Å²) in [4.78, 5) is 28.7. The Morgan fingerprint density at radius 3 is 2.56 bits per heavy atom. The molecule has 1 saturated carbocycles. The van der Waals surface area contributed by atoms with Crippen LogP contribution in [0.2, 0.25) is 0 Å². The van der Waals surface area contributed by atoms with E-state index in [0.29, 0.717) is 13.1 Å². The summed E-state index contributed by atoms with van der Waals surface area (Å²) in [5.41, 5.74) is 0.129. The highest BCUT2D eigenvalue weighted by Gasteiger charge is 2.50. The van der Waals surface area contributed by atoms with Gasteiger partial charge in [-0.25, -0.2) is 14.1 Å². The smallest absolute Gasteiger partial charge is 0.323 e. The van der Waals surface area contributed by atoms with E-state index in [1.165, 1.54) is 17.0 Å². The third kappa shape index (κ3) is 3.84. The van der Waals surface area contributed by atoms with Crippen molar-refractivity contribution < 1.29 is 14.0 Å². The van der Waals surface area contributed by atoms with Gasteiger partial charge in [-0.2, -0.15) is 0 Å². The standard InChI is InChI=1S/C19H26FN3O2/c1-2-22(13-15-8-7-9-16(20)12-15)14-23-17(24)19(21-18(23)25)10-5-3-4-6-11-19/h7-9,12H,2-6,10-11,13-14H2,1H3,(H,21,25). The van der Waals surface area contributed by atoms with E-state index >= 15 is 0 Å². The Bertz CT molecular complexity index is 641. The monoisotopic (exact) mass is 347 g/mol. The fourth-order valence-electron chi connectivity index (χ4n) is 3.83. The van der Waals surface area contributed by atoms with Gasteiger partial charge in [-0.3, -0.25) is 9.69 Å². The van der Waals surface area contributed by atoms with Crippen molar-refractivity contribution in [1.29, 1.82) is 0 Å². The number of nitrogens with one attached hydrogen (secondary N) is 1. The number of rotatable bonds is 5. The largest absolute Gasteiger partial charge is 0.326 e. The van der Waals surface area contributed by atoms with Crippen molar-refractivity contribution in [3.05, 3.63) is 35.6 Å². The van der Waals surface area contributed by atoms with Crippen molar-refractivity contribution in [3.8, 4) is 0 Å². The average molecular weight is 347 g/mol. The minimum atomic E-state index is -0.703. The fraction of sp³-hybridized carbons (Fsp3) is 0.579. The molecule has 1 aliphatic carbocycles. The number of hydrogen-bond acceptors (Lipinski definition) is 3. The Labute approximate surface area is 148 Å². The molecule has 0 unspecified atom stereocenters. The highest BCUT2D eigenvalue weighted by Crippen LogP contribution is 2.32. The Morgan fingerprint density at radius 2 is 1.92 bits per heavy atom. The van der Waals surface area contributed by atoms with E-state index in [0.717, 1.165) is 44.1 Å². The summed E-state index contributed by atoms with van der Waals surface area (Å²) in [6.45, 7) is 3.37. The Kier molecular flexibility index (Phi) is 5.37. The normalized spacial score (nSPS) is 20.2. The summed E-state index contributed by atoms with van der Waals surface area (Å²) < 4.78 is 13.4. The van der Waals surface area contributed by atoms with E-state index in [1.807, 2.05) is 17.9 Å². The SMILES string of the molecule is CCN(Cc1cccc(F)c1)CN1C(=O)NC2(CCCCCC2)C1=O. The first-order chi connectivity index (χ1) is 12.0. The van der Waals surface area contributed by atoms with Gasteiger partial charge >= 0.3 is 6.03 Å². The van der Waals surface area contributed by atoms with Gasteiger partial charge in [-0.1, -0.05) is 44.7 Å². The molecule has 5 nitrogen and oxygen atoms in total. The molecule has 0 atom stereocenters. The van der Waals surface area contributed by atoms with Gasteiger partial charge in [0.15, 0.2) is 0 Å². The lowest BCUT2D eigenvalue weighted by molar-refractivity contribution is -0.133. The van der Waals surface area contributed by atoms with Crippen LogP contribution in [0.5, 0.6) is 0 Å². The highest BCUT2D eigenvalue weighted by molar-refractivity contribution is 6.07. The number of amides is 3. The molecule has 1 aliphatic heterocycles. The lowest BCUT2D eigenvalue weighted by Gasteiger charge is -2.27. The Balaban J connectivity index is 1.70. The molecular formula is C19H26FN3O2. The third-order valence-corrected chi connectivity index (χ3v) is 5.29. The van der Waals surface area contributed by atoms with E-state index in [-0.39, 0.29) is 24.4 Å². The van der Waals surface area contributed by atoms with Gasteiger partial charge in [0.1, 0.15) is 11.4 Å². The summed E-state index contributed by atoms with van der Waals surface area (Å²) in [7, 11) is 0. The first-order valence-corrected chi connectivity index (χ1v) is 9.15. The predicted octanol–water partition coefficient (Wildman–Crippen LogP) is 3.25. The van der Waals surface area contributed by atoms with Crippen molar-refractivity contribution in [2.24, 2.45) is 0 Å². The van der Waals surface area contributed by atoms with E-state index in [2.05, 4.69) is 5.32 Å². The van der Waals surface area contributed by atoms with Crippen LogP contribution in [-0.2, 0) is 11.3 Å². The second-order valence-corrected chi connectivity index (χ2v) is 7.08. The van der Waals surface area contributed by atoms with Crippen LogP contribution < -0.4 is 5.32 Å². The summed E-state index contributed by atoms with van der Waals surface area (Å²) in [5, 5.41) is 2.96. The number of halogens is 1. The zero-order valence-electron chi connectivity index (χ0n) is 14.8. The number of nitrogens with zero attached hydrogens (tertiary/aromatic N) is 2. The summed E-state index contributed by atoms with van der Waals surface area (Å²) in [6.07, 6.45) is 5.63. The van der Waals surface area contributed by atoms with Gasteiger partial charge in [0.2, 0.25) is 0 Å². The molecule has 3 amide bonds. The van der Waals surface area contributed by atoms with Crippen LogP contribution in [0.1, 0.15) is 51.0 Å². The molecule has 1 aromatic carbocycles. The van der Waals surface area contributed by atoms with Crippen LogP contribution in [0.4, 0.5) is 9.18 Å². The maximum Gasteiger partial charge on any atom is 0.326 e. The quantitative estimate of drug-likeness (QED) is 0.832. The summed E-state index contributed by atoms with van der Waals surface area (Å²) in [5.74, 6) is -0.377. The Hall–Kier alpha value is -1.95. The molecule has 136 valence electrons. The highest BCUT2D eigenvalue weighted by atomic mass is 19.1. The number of imide groups is 1. The van der Waals surface area contributed by atoms with Gasteiger partial charge in [0, 0.05) is 6.54 Å². The maximum atomic E-state index is 13.4. The number of urea groups is 1. The van der Waals surface area contributed by atoms with Crippen molar-refractivity contribution >= 4 is 11.9 Å². The first kappa shape index (κ1) is 17.9. The zero-order valence-corrected chi connectivity index (χ0v) is 14.8. The molecule has 1 aromatic rings. The molecular weight excluding hydrogens is 321 g/mol. The van der Waals surface area contributed by atoms with E-state index in [1.54, 1.807) is 6.07 Å². The van der Waals surface area contributed by atoms with Gasteiger partial charge in [-0.05, 0) is 37.1 Å². The number of carbonyl (C=O) groups excluding carboxylic acids is 2. The van der Waals surface area contributed by atoms with E-state index in [9.17, 15) is 14.0 Å². The molecule has 2 aliphatic rings. The van der Waals surface area contributed by atoms with Crippen LogP contribution in [0, 0.1) is 5.82 Å². The predicted molar refractivity (Wildman–Crippen MR) is 93.2 cm³/mol. The number of benzene rings is 1. The average Bonchev–Trinajstić information content (AvgIpc) is 2.75. The third-order valence-electron chi connectivity index (χ3n) is 5.29. The second-order valence-electron chi connectivity index (χ2n) is 7.08. The fourth-order valence-corrected chi connectivity index (χ4v) is 3.83. The molecule has 1 saturated heterocycles. The van der Waals surface area contributed by atoms with Crippen LogP contribution >= 0.6 is 0 Å². The van der Waals surface area contributed by atoms with Crippen LogP contribution in [-0.4, -0.2) is 40.5 Å². The van der Waals surface area contributed by atoms with Gasteiger partial charge in [0.25, 0.3) is 5.91 Å². The van der Waals surface area contributed by atoms with Gasteiger partial charge in [-0.15, -0.1) is 0 Å². The summed E-state index contributed by atoms with van der Waals surface area (Å²) in [6, 6.07) is 6.12. The molecule has 1 N–H and O–H groups in total. The van der Waals surface area contributed by atoms with Crippen LogP contribution in [0.15, 0.2) is 24.3 Å². The van der Waals surface area contributed by atoms with E-state index in [4.69, 9.17) is 0 Å². The minimum Gasteiger partial charge on any atom is -0.323 e. The van der Waals surface area contributed by atoms with Gasteiger partial charge < -0.3 is 5.32 Å². The van der Waals surface area contributed by atoms with Crippen LogP contribution in [0.25, 0.3) is 0 Å². The minimum absolute atomic E-state index is 0.0999. The lowest BCUT2D eigenvalue weighted by Crippen LogP contribution is -2.47. The molecule has 6 heteroatoms. The molecule has 0 bridgehead atoms. The van der Waals surface area contributed by atoms with Crippen molar-refractivity contribution in [2.45, 2.75) is 57.5 Å². The Morgan fingerprint density at radius 1 is 1.20 bits per heavy atom. The van der Waals surface area contributed by atoms with E-state index < -0.39 is 5.54 Å². The molecule has 1 spiro atoms. The molecule has 3 rings (SSSR count). The summed E-state index contributed by atoms with van der Waals surface area (Å²) >= 11 is 0. The molecule has 25 heavy (non-hydrogen) atoms. The molecule has 2 fully saturated rings. The number of hydrogen-bond donors (Lipinski definition) is 1. The molecule has 1 heterocycles. The van der Waals surface area contributed by atoms with Crippen molar-refractivity contribution in [3.63, 3.8) is 0 Å². The maximum absolute atomic E-state index is 13.4. The first-order valence-electron chi connectivity index (χ1n) is 9.15. The van der Waals surface area contributed by atoms with Crippen molar-refractivity contribution in [2.75, 3.05) is 13.2 Å².